The van der Waals surface area contributed by atoms with Crippen molar-refractivity contribution in [3.8, 4) is 0 Å². The molecular formula is C44H84N2O5. The largest absolute Gasteiger partial charge is 0.480 e. The van der Waals surface area contributed by atoms with Gasteiger partial charge in [0.25, 0.3) is 0 Å². The Bertz CT molecular complexity index is 817. The lowest BCUT2D eigenvalue weighted by molar-refractivity contribution is -0.150. The van der Waals surface area contributed by atoms with Gasteiger partial charge in [0.15, 0.2) is 0 Å². The SMILES string of the molecule is CCC/C=C\CCCCCCCC(=O)OC(CCCCCCCCCCCCCCCCC)CCCCCCCC(=O)NC(CCCN)C(=O)O. The first-order valence-electron chi connectivity index (χ1n) is 22.0. The Morgan fingerprint density at radius 3 is 1.49 bits per heavy atom. The van der Waals surface area contributed by atoms with Gasteiger partial charge in [-0.15, -0.1) is 0 Å². The lowest BCUT2D eigenvalue weighted by atomic mass is 10.0. The van der Waals surface area contributed by atoms with Crippen molar-refractivity contribution < 1.29 is 24.2 Å². The van der Waals surface area contributed by atoms with Crippen LogP contribution in [0.4, 0.5) is 0 Å². The van der Waals surface area contributed by atoms with Gasteiger partial charge in [0.2, 0.25) is 5.91 Å². The minimum absolute atomic E-state index is 0.0154. The highest BCUT2D eigenvalue weighted by atomic mass is 16.5. The average Bonchev–Trinajstić information content (AvgIpc) is 3.11. The normalized spacial score (nSPS) is 12.7. The molecule has 0 aromatic rings. The first kappa shape index (κ1) is 49.1. The van der Waals surface area contributed by atoms with Crippen LogP contribution in [0.5, 0.6) is 0 Å². The van der Waals surface area contributed by atoms with Gasteiger partial charge in [-0.3, -0.25) is 9.59 Å². The van der Waals surface area contributed by atoms with Crippen molar-refractivity contribution in [3.05, 3.63) is 12.2 Å². The molecule has 2 atom stereocenters. The van der Waals surface area contributed by atoms with E-state index in [1.165, 1.54) is 128 Å². The number of esters is 1. The van der Waals surface area contributed by atoms with Crippen LogP contribution in [-0.4, -0.2) is 41.6 Å². The molecular weight excluding hydrogens is 636 g/mol. The fourth-order valence-electron chi connectivity index (χ4n) is 6.75. The predicted molar refractivity (Wildman–Crippen MR) is 216 cm³/mol. The Kier molecular flexibility index (Phi) is 37.9. The number of amides is 1. The summed E-state index contributed by atoms with van der Waals surface area (Å²) < 4.78 is 6.04. The third-order valence-electron chi connectivity index (χ3n) is 10.1. The highest BCUT2D eigenvalue weighted by Gasteiger charge is 2.19. The molecule has 0 spiro atoms. The quantitative estimate of drug-likeness (QED) is 0.0329. The van der Waals surface area contributed by atoms with E-state index in [1.807, 2.05) is 0 Å². The first-order chi connectivity index (χ1) is 24.9. The van der Waals surface area contributed by atoms with Gasteiger partial charge in [-0.25, -0.2) is 4.79 Å². The number of hydrogen-bond acceptors (Lipinski definition) is 5. The predicted octanol–water partition coefficient (Wildman–Crippen LogP) is 12.3. The summed E-state index contributed by atoms with van der Waals surface area (Å²) in [5.41, 5.74) is 5.48. The Morgan fingerprint density at radius 1 is 0.549 bits per heavy atom. The Balaban J connectivity index is 4.29. The number of carbonyl (C=O) groups excluding carboxylic acids is 2. The summed E-state index contributed by atoms with van der Waals surface area (Å²) >= 11 is 0. The van der Waals surface area contributed by atoms with Crippen LogP contribution < -0.4 is 11.1 Å². The summed E-state index contributed by atoms with van der Waals surface area (Å²) in [4.78, 5) is 36.3. The van der Waals surface area contributed by atoms with Crippen molar-refractivity contribution in [1.82, 2.24) is 5.32 Å². The fraction of sp³-hybridized carbons (Fsp3) is 0.886. The number of carbonyl (C=O) groups is 3. The number of ether oxygens (including phenoxy) is 1. The molecule has 0 aromatic heterocycles. The van der Waals surface area contributed by atoms with E-state index < -0.39 is 12.0 Å². The van der Waals surface area contributed by atoms with E-state index in [0.717, 1.165) is 64.2 Å². The zero-order chi connectivity index (χ0) is 37.5. The van der Waals surface area contributed by atoms with E-state index in [9.17, 15) is 19.5 Å². The van der Waals surface area contributed by atoms with Gasteiger partial charge in [0.1, 0.15) is 12.1 Å². The number of nitrogens with two attached hydrogens (primary N) is 1. The molecule has 0 aliphatic heterocycles. The van der Waals surface area contributed by atoms with Gasteiger partial charge in [0, 0.05) is 12.8 Å². The molecule has 0 rings (SSSR count). The standard InChI is InChI=1S/C44H84N2O5/c1-3-5-7-9-11-13-15-16-17-18-19-20-22-25-29-34-40(51-43(48)38-32-28-23-21-14-12-10-8-6-4-2)35-30-26-24-27-31-37-42(47)46-41(44(49)50)36-33-39-45/h8,10,40-41H,3-7,9,11-39,45H2,1-2H3,(H,46,47)(H,49,50)/b10-8-. The van der Waals surface area contributed by atoms with Crippen molar-refractivity contribution in [2.75, 3.05) is 6.54 Å². The molecule has 51 heavy (non-hydrogen) atoms. The fourth-order valence-corrected chi connectivity index (χ4v) is 6.75. The molecule has 0 fully saturated rings. The summed E-state index contributed by atoms with van der Waals surface area (Å²) in [6.45, 7) is 4.90. The van der Waals surface area contributed by atoms with Crippen LogP contribution in [-0.2, 0) is 19.1 Å². The number of hydrogen-bond donors (Lipinski definition) is 3. The van der Waals surface area contributed by atoms with E-state index in [4.69, 9.17) is 10.5 Å². The summed E-state index contributed by atoms with van der Waals surface area (Å²) in [5, 5.41) is 11.9. The number of carboxylic acid groups (broad SMARTS) is 1. The number of aliphatic carboxylic acids is 1. The molecule has 0 radical (unpaired) electrons. The number of carboxylic acids is 1. The van der Waals surface area contributed by atoms with E-state index in [2.05, 4.69) is 31.3 Å². The smallest absolute Gasteiger partial charge is 0.326 e. The van der Waals surface area contributed by atoms with Crippen LogP contribution in [0.1, 0.15) is 232 Å². The minimum atomic E-state index is -1.00. The zero-order valence-corrected chi connectivity index (χ0v) is 33.7. The molecule has 0 aromatic carbocycles. The van der Waals surface area contributed by atoms with Crippen molar-refractivity contribution in [3.63, 3.8) is 0 Å². The van der Waals surface area contributed by atoms with E-state index in [-0.39, 0.29) is 18.0 Å². The maximum absolute atomic E-state index is 12.8. The third-order valence-corrected chi connectivity index (χ3v) is 10.1. The van der Waals surface area contributed by atoms with Gasteiger partial charge in [-0.05, 0) is 77.2 Å². The Labute approximate surface area is 315 Å². The zero-order valence-electron chi connectivity index (χ0n) is 33.7. The van der Waals surface area contributed by atoms with Crippen LogP contribution in [0, 0.1) is 0 Å². The third kappa shape index (κ3) is 36.3. The molecule has 0 aliphatic carbocycles. The summed E-state index contributed by atoms with van der Waals surface area (Å²) in [5.74, 6) is -1.23. The van der Waals surface area contributed by atoms with E-state index in [1.54, 1.807) is 0 Å². The Hall–Kier alpha value is -1.89. The first-order valence-corrected chi connectivity index (χ1v) is 22.0. The lowest BCUT2D eigenvalue weighted by Gasteiger charge is -2.18. The van der Waals surface area contributed by atoms with Gasteiger partial charge >= 0.3 is 11.9 Å². The number of rotatable bonds is 40. The van der Waals surface area contributed by atoms with Crippen molar-refractivity contribution in [2.45, 2.75) is 244 Å². The van der Waals surface area contributed by atoms with Gasteiger partial charge in [-0.1, -0.05) is 161 Å². The second-order valence-corrected chi connectivity index (χ2v) is 15.1. The molecule has 7 nitrogen and oxygen atoms in total. The molecule has 1 amide bonds. The molecule has 300 valence electrons. The average molecular weight is 721 g/mol. The summed E-state index contributed by atoms with van der Waals surface area (Å²) in [6.07, 6.45) is 42.6. The number of nitrogens with one attached hydrogen (secondary N) is 1. The molecule has 0 aliphatic rings. The molecule has 7 heteroatoms. The van der Waals surface area contributed by atoms with E-state index >= 15 is 0 Å². The van der Waals surface area contributed by atoms with Gasteiger partial charge < -0.3 is 20.9 Å². The molecule has 4 N–H and O–H groups in total. The second kappa shape index (κ2) is 39.3. The summed E-state index contributed by atoms with van der Waals surface area (Å²) in [7, 11) is 0. The number of allylic oxidation sites excluding steroid dienone is 2. The maximum atomic E-state index is 12.8. The highest BCUT2D eigenvalue weighted by molar-refractivity contribution is 5.83. The number of unbranched alkanes of at least 4 members (excludes halogenated alkanes) is 24. The lowest BCUT2D eigenvalue weighted by Crippen LogP contribution is -2.40. The van der Waals surface area contributed by atoms with E-state index in [0.29, 0.717) is 32.2 Å². The van der Waals surface area contributed by atoms with Crippen molar-refractivity contribution in [2.24, 2.45) is 5.73 Å². The highest BCUT2D eigenvalue weighted by Crippen LogP contribution is 2.19. The molecule has 0 saturated heterocycles. The van der Waals surface area contributed by atoms with Crippen molar-refractivity contribution in [1.29, 1.82) is 0 Å². The van der Waals surface area contributed by atoms with Crippen LogP contribution >= 0.6 is 0 Å². The van der Waals surface area contributed by atoms with Crippen LogP contribution in [0.15, 0.2) is 12.2 Å². The minimum Gasteiger partial charge on any atom is -0.480 e. The van der Waals surface area contributed by atoms with Crippen LogP contribution in [0.3, 0.4) is 0 Å². The monoisotopic (exact) mass is 721 g/mol. The topological polar surface area (TPSA) is 119 Å². The van der Waals surface area contributed by atoms with Gasteiger partial charge in [0.05, 0.1) is 0 Å². The van der Waals surface area contributed by atoms with Crippen LogP contribution in [0.2, 0.25) is 0 Å². The second-order valence-electron chi connectivity index (χ2n) is 15.1. The molecule has 0 heterocycles. The van der Waals surface area contributed by atoms with Crippen LogP contribution in [0.25, 0.3) is 0 Å². The molecule has 2 unspecified atom stereocenters. The van der Waals surface area contributed by atoms with Crippen molar-refractivity contribution >= 4 is 17.8 Å². The van der Waals surface area contributed by atoms with Gasteiger partial charge in [-0.2, -0.15) is 0 Å². The maximum Gasteiger partial charge on any atom is 0.326 e. The molecule has 0 bridgehead atoms. The summed E-state index contributed by atoms with van der Waals surface area (Å²) in [6, 6.07) is -0.854. The Morgan fingerprint density at radius 2 is 1.00 bits per heavy atom. The molecule has 0 saturated carbocycles.